The number of halogens is 1. The van der Waals surface area contributed by atoms with Crippen LogP contribution in [0.2, 0.25) is 0 Å². The average Bonchev–Trinajstić information content (AvgIpc) is 2.56. The van der Waals surface area contributed by atoms with E-state index in [0.29, 0.717) is 6.61 Å². The van der Waals surface area contributed by atoms with Gasteiger partial charge in [0.2, 0.25) is 0 Å². The maximum Gasteiger partial charge on any atom is 0.130 e. The molecule has 0 N–H and O–H groups in total. The summed E-state index contributed by atoms with van der Waals surface area (Å²) >= 11 is 3.37. The van der Waals surface area contributed by atoms with Crippen molar-refractivity contribution in [2.45, 2.75) is 6.61 Å². The van der Waals surface area contributed by atoms with Gasteiger partial charge in [0.1, 0.15) is 12.4 Å². The van der Waals surface area contributed by atoms with Gasteiger partial charge in [0.15, 0.2) is 0 Å². The molecule has 1 aromatic heterocycles. The lowest BCUT2D eigenvalue weighted by Gasteiger charge is -2.07. The Hall–Kier alpha value is -2.13. The number of hydrogen-bond donors (Lipinski definition) is 0. The van der Waals surface area contributed by atoms with E-state index < -0.39 is 0 Å². The maximum atomic E-state index is 5.74. The Labute approximate surface area is 132 Å². The van der Waals surface area contributed by atoms with E-state index in [-0.39, 0.29) is 0 Å². The number of pyridine rings is 1. The normalized spacial score (nSPS) is 10.3. The Kier molecular flexibility index (Phi) is 4.31. The van der Waals surface area contributed by atoms with Crippen molar-refractivity contribution < 1.29 is 4.74 Å². The van der Waals surface area contributed by atoms with Gasteiger partial charge in [0.05, 0.1) is 5.69 Å². The fourth-order valence-electron chi connectivity index (χ4n) is 2.02. The van der Waals surface area contributed by atoms with Crippen molar-refractivity contribution >= 4 is 15.9 Å². The summed E-state index contributed by atoms with van der Waals surface area (Å²) < 4.78 is 6.72. The number of benzene rings is 2. The second kappa shape index (κ2) is 6.55. The molecular weight excluding hydrogens is 326 g/mol. The quantitative estimate of drug-likeness (QED) is 0.660. The predicted molar refractivity (Wildman–Crippen MR) is 88.1 cm³/mol. The molecule has 0 amide bonds. The molecule has 3 aromatic rings. The molecule has 0 saturated carbocycles. The summed E-state index contributed by atoms with van der Waals surface area (Å²) in [5, 5.41) is 0. The number of nitrogens with zero attached hydrogens (tertiary/aromatic N) is 1. The summed E-state index contributed by atoms with van der Waals surface area (Å²) in [5.41, 5.74) is 3.30. The summed E-state index contributed by atoms with van der Waals surface area (Å²) in [6, 6.07) is 22.3. The second-order valence-corrected chi connectivity index (χ2v) is 5.56. The first-order chi connectivity index (χ1) is 10.3. The smallest absolute Gasteiger partial charge is 0.130 e. The summed E-state index contributed by atoms with van der Waals surface area (Å²) in [7, 11) is 0. The van der Waals surface area contributed by atoms with Crippen LogP contribution in [-0.2, 0) is 6.61 Å². The lowest BCUT2D eigenvalue weighted by atomic mass is 10.1. The molecule has 0 aliphatic carbocycles. The molecule has 3 heteroatoms. The van der Waals surface area contributed by atoms with E-state index >= 15 is 0 Å². The molecule has 3 rings (SSSR count). The summed E-state index contributed by atoms with van der Waals surface area (Å²) in [5.74, 6) is 0.847. The van der Waals surface area contributed by atoms with Gasteiger partial charge >= 0.3 is 0 Å². The van der Waals surface area contributed by atoms with Crippen molar-refractivity contribution in [2.24, 2.45) is 0 Å². The molecule has 0 spiro atoms. The average molecular weight is 340 g/mol. The molecule has 2 nitrogen and oxygen atoms in total. The van der Waals surface area contributed by atoms with Gasteiger partial charge in [0.25, 0.3) is 0 Å². The fourth-order valence-corrected chi connectivity index (χ4v) is 2.26. The highest BCUT2D eigenvalue weighted by Gasteiger charge is 2.00. The minimum atomic E-state index is 0.470. The predicted octanol–water partition coefficient (Wildman–Crippen LogP) is 5.09. The van der Waals surface area contributed by atoms with Crippen LogP contribution < -0.4 is 4.74 Å². The van der Waals surface area contributed by atoms with E-state index in [1.807, 2.05) is 42.5 Å². The second-order valence-electron chi connectivity index (χ2n) is 4.65. The van der Waals surface area contributed by atoms with Crippen LogP contribution >= 0.6 is 15.9 Å². The number of ether oxygens (including phenoxy) is 1. The van der Waals surface area contributed by atoms with Crippen LogP contribution in [0.3, 0.4) is 0 Å². The van der Waals surface area contributed by atoms with Gasteiger partial charge in [-0.25, -0.2) is 0 Å². The molecule has 0 bridgehead atoms. The van der Waals surface area contributed by atoms with Crippen molar-refractivity contribution in [1.82, 2.24) is 4.98 Å². The van der Waals surface area contributed by atoms with Crippen LogP contribution in [0.25, 0.3) is 11.1 Å². The number of aromatic nitrogens is 1. The van der Waals surface area contributed by atoms with Crippen molar-refractivity contribution in [3.05, 3.63) is 83.1 Å². The molecule has 21 heavy (non-hydrogen) atoms. The molecule has 0 unspecified atom stereocenters. The van der Waals surface area contributed by atoms with E-state index in [1.165, 1.54) is 11.1 Å². The summed E-state index contributed by atoms with van der Waals surface area (Å²) in [6.07, 6.45) is 1.77. The lowest BCUT2D eigenvalue weighted by molar-refractivity contribution is 0.301. The monoisotopic (exact) mass is 339 g/mol. The zero-order valence-electron chi connectivity index (χ0n) is 11.4. The van der Waals surface area contributed by atoms with Crippen molar-refractivity contribution in [2.75, 3.05) is 0 Å². The van der Waals surface area contributed by atoms with Gasteiger partial charge < -0.3 is 4.74 Å². The number of hydrogen-bond acceptors (Lipinski definition) is 2. The van der Waals surface area contributed by atoms with Gasteiger partial charge in [-0.3, -0.25) is 4.98 Å². The van der Waals surface area contributed by atoms with Crippen molar-refractivity contribution in [3.63, 3.8) is 0 Å². The van der Waals surface area contributed by atoms with E-state index in [0.717, 1.165) is 15.9 Å². The molecule has 0 fully saturated rings. The van der Waals surface area contributed by atoms with Gasteiger partial charge in [-0.1, -0.05) is 42.5 Å². The van der Waals surface area contributed by atoms with Gasteiger partial charge in [-0.2, -0.15) is 0 Å². The van der Waals surface area contributed by atoms with E-state index in [2.05, 4.69) is 45.2 Å². The van der Waals surface area contributed by atoms with Crippen molar-refractivity contribution in [1.29, 1.82) is 0 Å². The van der Waals surface area contributed by atoms with E-state index in [9.17, 15) is 0 Å². The zero-order valence-corrected chi connectivity index (χ0v) is 13.0. The first kappa shape index (κ1) is 13.8. The van der Waals surface area contributed by atoms with Gasteiger partial charge in [-0.05, 0) is 51.3 Å². The van der Waals surface area contributed by atoms with E-state index in [1.54, 1.807) is 6.20 Å². The minimum Gasteiger partial charge on any atom is -0.487 e. The Morgan fingerprint density at radius 3 is 2.19 bits per heavy atom. The molecule has 0 radical (unpaired) electrons. The molecule has 2 aromatic carbocycles. The SMILES string of the molecule is Brc1ccc(COc2ccc(-c3ccccc3)cc2)nc1. The molecule has 0 atom stereocenters. The fraction of sp³-hybridized carbons (Fsp3) is 0.0556. The Morgan fingerprint density at radius 1 is 0.810 bits per heavy atom. The lowest BCUT2D eigenvalue weighted by Crippen LogP contribution is -1.97. The summed E-state index contributed by atoms with van der Waals surface area (Å²) in [6.45, 7) is 0.470. The molecule has 104 valence electrons. The first-order valence-corrected chi connectivity index (χ1v) is 7.49. The Bertz CT molecular complexity index is 694. The molecule has 0 aliphatic rings. The van der Waals surface area contributed by atoms with Gasteiger partial charge in [-0.15, -0.1) is 0 Å². The summed E-state index contributed by atoms with van der Waals surface area (Å²) in [4.78, 5) is 4.29. The topological polar surface area (TPSA) is 22.1 Å². The van der Waals surface area contributed by atoms with Crippen LogP contribution in [0.5, 0.6) is 5.75 Å². The third kappa shape index (κ3) is 3.70. The Morgan fingerprint density at radius 2 is 1.52 bits per heavy atom. The van der Waals surface area contributed by atoms with Crippen LogP contribution in [0.4, 0.5) is 0 Å². The van der Waals surface area contributed by atoms with Crippen molar-refractivity contribution in [3.8, 4) is 16.9 Å². The third-order valence-electron chi connectivity index (χ3n) is 3.14. The standard InChI is InChI=1S/C18H14BrNO/c19-16-8-9-17(20-12-16)13-21-18-10-6-15(7-11-18)14-4-2-1-3-5-14/h1-12H,13H2. The maximum absolute atomic E-state index is 5.74. The Balaban J connectivity index is 1.66. The third-order valence-corrected chi connectivity index (χ3v) is 3.61. The minimum absolute atomic E-state index is 0.470. The molecular formula is C18H14BrNO. The largest absolute Gasteiger partial charge is 0.487 e. The first-order valence-electron chi connectivity index (χ1n) is 6.70. The number of rotatable bonds is 4. The highest BCUT2D eigenvalue weighted by Crippen LogP contribution is 2.22. The molecule has 0 aliphatic heterocycles. The van der Waals surface area contributed by atoms with Crippen LogP contribution in [0, 0.1) is 0 Å². The van der Waals surface area contributed by atoms with Crippen LogP contribution in [-0.4, -0.2) is 4.98 Å². The highest BCUT2D eigenvalue weighted by atomic mass is 79.9. The van der Waals surface area contributed by atoms with Crippen LogP contribution in [0.15, 0.2) is 77.4 Å². The zero-order chi connectivity index (χ0) is 14.5. The van der Waals surface area contributed by atoms with E-state index in [4.69, 9.17) is 4.74 Å². The van der Waals surface area contributed by atoms with Gasteiger partial charge in [0, 0.05) is 10.7 Å². The highest BCUT2D eigenvalue weighted by molar-refractivity contribution is 9.10. The molecule has 0 saturated heterocycles. The van der Waals surface area contributed by atoms with Crippen LogP contribution in [0.1, 0.15) is 5.69 Å². The molecule has 1 heterocycles.